The lowest BCUT2D eigenvalue weighted by molar-refractivity contribution is 0.353. The smallest absolute Gasteiger partial charge is 0.242 e. The van der Waals surface area contributed by atoms with Crippen LogP contribution in [0.15, 0.2) is 33.6 Å². The van der Waals surface area contributed by atoms with Gasteiger partial charge in [-0.2, -0.15) is 0 Å². The van der Waals surface area contributed by atoms with E-state index in [1.54, 1.807) is 6.07 Å². The second-order valence-corrected chi connectivity index (χ2v) is 7.58. The van der Waals surface area contributed by atoms with Crippen molar-refractivity contribution in [1.29, 1.82) is 0 Å². The molecule has 1 aromatic heterocycles. The Kier molecular flexibility index (Phi) is 5.38. The number of nitrogens with zero attached hydrogens (tertiary/aromatic N) is 1. The maximum Gasteiger partial charge on any atom is 0.242 e. The van der Waals surface area contributed by atoms with Crippen LogP contribution in [0.1, 0.15) is 11.4 Å². The first-order valence-corrected chi connectivity index (χ1v) is 9.10. The van der Waals surface area contributed by atoms with Gasteiger partial charge in [0.1, 0.15) is 4.90 Å². The molecule has 0 amide bonds. The number of hydrogen-bond acceptors (Lipinski definition) is 4. The van der Waals surface area contributed by atoms with E-state index in [9.17, 15) is 8.42 Å². The van der Waals surface area contributed by atoms with Crippen LogP contribution in [-0.2, 0) is 23.6 Å². The summed E-state index contributed by atoms with van der Waals surface area (Å²) < 4.78 is 40.4. The Labute approximate surface area is 144 Å². The first-order valence-electron chi connectivity index (χ1n) is 6.82. The maximum absolute atomic E-state index is 12.6. The minimum absolute atomic E-state index is 0.0982. The summed E-state index contributed by atoms with van der Waals surface area (Å²) in [4.78, 5) is 0.0982. The maximum atomic E-state index is 12.6. The van der Waals surface area contributed by atoms with Crippen LogP contribution < -0.4 is 14.2 Å². The molecule has 0 aliphatic rings. The molecule has 23 heavy (non-hydrogen) atoms. The molecular weight excluding hydrogens is 384 g/mol. The van der Waals surface area contributed by atoms with E-state index in [2.05, 4.69) is 20.7 Å². The standard InChI is InChI=1S/C15H19BrN2O4S/c1-10-5-6-11(18(10)2)9-17-23(19,20)15-8-14(22-4)13(21-3)7-12(15)16/h5-8,17H,9H2,1-4H3. The number of hydrogen-bond donors (Lipinski definition) is 1. The molecule has 0 aliphatic carbocycles. The van der Waals surface area contributed by atoms with Gasteiger partial charge in [-0.05, 0) is 41.1 Å². The number of ether oxygens (including phenoxy) is 2. The minimum atomic E-state index is -3.70. The van der Waals surface area contributed by atoms with E-state index in [0.29, 0.717) is 16.0 Å². The third-order valence-corrected chi connectivity index (χ3v) is 6.01. The number of benzene rings is 1. The second kappa shape index (κ2) is 6.94. The van der Waals surface area contributed by atoms with Gasteiger partial charge in [0.05, 0.1) is 20.8 Å². The zero-order valence-electron chi connectivity index (χ0n) is 13.4. The van der Waals surface area contributed by atoms with Crippen LogP contribution in [0.2, 0.25) is 0 Å². The third kappa shape index (κ3) is 3.70. The number of rotatable bonds is 6. The molecule has 1 aromatic carbocycles. The largest absolute Gasteiger partial charge is 0.493 e. The van der Waals surface area contributed by atoms with Crippen molar-refractivity contribution < 1.29 is 17.9 Å². The van der Waals surface area contributed by atoms with E-state index in [-0.39, 0.29) is 11.4 Å². The predicted octanol–water partition coefficient (Wildman–Crippen LogP) is 2.59. The Bertz CT molecular complexity index is 815. The van der Waals surface area contributed by atoms with E-state index in [1.807, 2.05) is 30.7 Å². The van der Waals surface area contributed by atoms with Gasteiger partial charge >= 0.3 is 0 Å². The Balaban J connectivity index is 2.30. The van der Waals surface area contributed by atoms with E-state index >= 15 is 0 Å². The number of methoxy groups -OCH3 is 2. The summed E-state index contributed by atoms with van der Waals surface area (Å²) in [5, 5.41) is 0. The van der Waals surface area contributed by atoms with Gasteiger partial charge in [0.2, 0.25) is 10.0 Å². The first-order chi connectivity index (χ1) is 10.8. The summed E-state index contributed by atoms with van der Waals surface area (Å²) in [7, 11) is 1.15. The Morgan fingerprint density at radius 1 is 1.17 bits per heavy atom. The number of sulfonamides is 1. The molecule has 8 heteroatoms. The van der Waals surface area contributed by atoms with E-state index < -0.39 is 10.0 Å². The van der Waals surface area contributed by atoms with Crippen molar-refractivity contribution in [3.05, 3.63) is 40.1 Å². The molecule has 0 aliphatic heterocycles. The highest BCUT2D eigenvalue weighted by Crippen LogP contribution is 2.35. The average molecular weight is 403 g/mol. The molecule has 0 fully saturated rings. The summed E-state index contributed by atoms with van der Waals surface area (Å²) in [6.45, 7) is 2.16. The highest BCUT2D eigenvalue weighted by atomic mass is 79.9. The Hall–Kier alpha value is -1.51. The summed E-state index contributed by atoms with van der Waals surface area (Å²) in [6.07, 6.45) is 0. The van der Waals surface area contributed by atoms with Crippen molar-refractivity contribution in [3.63, 3.8) is 0 Å². The first kappa shape index (κ1) is 17.8. The molecule has 0 saturated carbocycles. The average Bonchev–Trinajstić information content (AvgIpc) is 2.84. The summed E-state index contributed by atoms with van der Waals surface area (Å²) in [6, 6.07) is 6.83. The number of nitrogens with one attached hydrogen (secondary N) is 1. The van der Waals surface area contributed by atoms with Gasteiger partial charge < -0.3 is 14.0 Å². The fraction of sp³-hybridized carbons (Fsp3) is 0.333. The zero-order chi connectivity index (χ0) is 17.2. The SMILES string of the molecule is COc1cc(Br)c(S(=O)(=O)NCc2ccc(C)n2C)cc1OC. The van der Waals surface area contributed by atoms with Gasteiger partial charge in [-0.15, -0.1) is 0 Å². The number of aromatic nitrogens is 1. The van der Waals surface area contributed by atoms with Gasteiger partial charge in [0, 0.05) is 29.0 Å². The second-order valence-electron chi connectivity index (χ2n) is 4.99. The molecule has 0 radical (unpaired) electrons. The van der Waals surface area contributed by atoms with E-state index in [4.69, 9.17) is 9.47 Å². The topological polar surface area (TPSA) is 69.6 Å². The van der Waals surface area contributed by atoms with Crippen molar-refractivity contribution in [2.75, 3.05) is 14.2 Å². The van der Waals surface area contributed by atoms with Crippen LogP contribution in [0, 0.1) is 6.92 Å². The Morgan fingerprint density at radius 3 is 2.30 bits per heavy atom. The summed E-state index contributed by atoms with van der Waals surface area (Å²) in [5.41, 5.74) is 1.94. The monoisotopic (exact) mass is 402 g/mol. The normalized spacial score (nSPS) is 11.5. The molecule has 0 atom stereocenters. The van der Waals surface area contributed by atoms with E-state index in [0.717, 1.165) is 11.4 Å². The molecule has 126 valence electrons. The van der Waals surface area contributed by atoms with Gasteiger partial charge in [0.15, 0.2) is 11.5 Å². The van der Waals surface area contributed by atoms with Crippen LogP contribution >= 0.6 is 15.9 Å². The van der Waals surface area contributed by atoms with Crippen LogP contribution in [0.5, 0.6) is 11.5 Å². The molecule has 0 spiro atoms. The van der Waals surface area contributed by atoms with Gasteiger partial charge in [-0.1, -0.05) is 0 Å². The Morgan fingerprint density at radius 2 is 1.78 bits per heavy atom. The lowest BCUT2D eigenvalue weighted by Gasteiger charge is -2.13. The zero-order valence-corrected chi connectivity index (χ0v) is 15.8. The van der Waals surface area contributed by atoms with Gasteiger partial charge in [0.25, 0.3) is 0 Å². The highest BCUT2D eigenvalue weighted by Gasteiger charge is 2.21. The molecule has 1 N–H and O–H groups in total. The molecule has 2 aromatic rings. The highest BCUT2D eigenvalue weighted by molar-refractivity contribution is 9.10. The predicted molar refractivity (Wildman–Crippen MR) is 91.4 cm³/mol. The van der Waals surface area contributed by atoms with Crippen molar-refractivity contribution in [3.8, 4) is 11.5 Å². The third-order valence-electron chi connectivity index (χ3n) is 3.65. The van der Waals surface area contributed by atoms with E-state index in [1.165, 1.54) is 20.3 Å². The van der Waals surface area contributed by atoms with Crippen molar-refractivity contribution >= 4 is 26.0 Å². The lowest BCUT2D eigenvalue weighted by Crippen LogP contribution is -2.24. The van der Waals surface area contributed by atoms with Crippen molar-refractivity contribution in [2.45, 2.75) is 18.4 Å². The molecule has 0 saturated heterocycles. The quantitative estimate of drug-likeness (QED) is 0.805. The molecule has 2 rings (SSSR count). The number of halogens is 1. The van der Waals surface area contributed by atoms with Crippen LogP contribution in [0.25, 0.3) is 0 Å². The van der Waals surface area contributed by atoms with Gasteiger partial charge in [-0.3, -0.25) is 0 Å². The summed E-state index contributed by atoms with van der Waals surface area (Å²) >= 11 is 3.27. The fourth-order valence-corrected chi connectivity index (χ4v) is 4.17. The van der Waals surface area contributed by atoms with Crippen molar-refractivity contribution in [1.82, 2.24) is 9.29 Å². The lowest BCUT2D eigenvalue weighted by atomic mass is 10.3. The molecule has 0 bridgehead atoms. The number of aryl methyl sites for hydroxylation is 1. The molecule has 0 unspecified atom stereocenters. The van der Waals surface area contributed by atoms with Crippen LogP contribution in [0.4, 0.5) is 0 Å². The summed E-state index contributed by atoms with van der Waals surface area (Å²) in [5.74, 6) is 0.808. The molecule has 1 heterocycles. The minimum Gasteiger partial charge on any atom is -0.493 e. The van der Waals surface area contributed by atoms with Crippen molar-refractivity contribution in [2.24, 2.45) is 7.05 Å². The van der Waals surface area contributed by atoms with Crippen LogP contribution in [-0.4, -0.2) is 27.2 Å². The fourth-order valence-electron chi connectivity index (χ4n) is 2.13. The molecular formula is C15H19BrN2O4S. The van der Waals surface area contributed by atoms with Crippen LogP contribution in [0.3, 0.4) is 0 Å². The molecule has 6 nitrogen and oxygen atoms in total. The van der Waals surface area contributed by atoms with Gasteiger partial charge in [-0.25, -0.2) is 13.1 Å².